The van der Waals surface area contributed by atoms with Crippen LogP contribution < -0.4 is 5.73 Å². The summed E-state index contributed by atoms with van der Waals surface area (Å²) in [7, 11) is 0. The average molecular weight is 334 g/mol. The molecule has 0 atom stereocenters. The van der Waals surface area contributed by atoms with E-state index in [4.69, 9.17) is 21.8 Å². The molecule has 2 aromatic rings. The van der Waals surface area contributed by atoms with Crippen molar-refractivity contribution in [2.75, 3.05) is 26.2 Å². The van der Waals surface area contributed by atoms with E-state index in [-0.39, 0.29) is 5.91 Å². The molecule has 2 heterocycles. The molecule has 6 heteroatoms. The van der Waals surface area contributed by atoms with Gasteiger partial charge in [-0.25, -0.2) is 0 Å². The van der Waals surface area contributed by atoms with Gasteiger partial charge in [0, 0.05) is 37.7 Å². The molecule has 0 bridgehead atoms. The van der Waals surface area contributed by atoms with Crippen LogP contribution in [0, 0.1) is 0 Å². The third-order valence-electron chi connectivity index (χ3n) is 4.06. The number of carbonyl (C=O) groups excluding carboxylic acids is 1. The highest BCUT2D eigenvalue weighted by Gasteiger charge is 2.23. The van der Waals surface area contributed by atoms with E-state index >= 15 is 0 Å². The van der Waals surface area contributed by atoms with E-state index in [0.29, 0.717) is 31.0 Å². The number of piperazine rings is 1. The molecule has 5 nitrogen and oxygen atoms in total. The van der Waals surface area contributed by atoms with Crippen LogP contribution in [0.4, 0.5) is 0 Å². The van der Waals surface area contributed by atoms with E-state index in [1.807, 2.05) is 23.1 Å². The minimum Gasteiger partial charge on any atom is -0.467 e. The van der Waals surface area contributed by atoms with Crippen LogP contribution >= 0.6 is 11.6 Å². The van der Waals surface area contributed by atoms with E-state index in [0.717, 1.165) is 24.7 Å². The summed E-state index contributed by atoms with van der Waals surface area (Å²) < 4.78 is 5.24. The van der Waals surface area contributed by atoms with Gasteiger partial charge in [-0.15, -0.1) is 0 Å². The number of benzene rings is 1. The number of rotatable bonds is 4. The molecule has 23 heavy (non-hydrogen) atoms. The number of carbonyl (C=O) groups is 1. The molecule has 1 saturated heterocycles. The Bertz CT molecular complexity index is 678. The summed E-state index contributed by atoms with van der Waals surface area (Å²) in [5.74, 6) is 0.642. The third-order valence-corrected chi connectivity index (χ3v) is 4.29. The van der Waals surface area contributed by atoms with Gasteiger partial charge in [-0.05, 0) is 23.8 Å². The smallest absolute Gasteiger partial charge is 0.257 e. The molecule has 0 spiro atoms. The molecule has 1 aliphatic heterocycles. The summed E-state index contributed by atoms with van der Waals surface area (Å²) in [6, 6.07) is 9.62. The fraction of sp³-hybridized carbons (Fsp3) is 0.353. The maximum absolute atomic E-state index is 12.4. The zero-order chi connectivity index (χ0) is 16.2. The quantitative estimate of drug-likeness (QED) is 0.933. The van der Waals surface area contributed by atoms with Gasteiger partial charge >= 0.3 is 0 Å². The molecule has 0 saturated carbocycles. The molecule has 0 aliphatic carbocycles. The van der Waals surface area contributed by atoms with Crippen molar-refractivity contribution in [2.24, 2.45) is 5.73 Å². The van der Waals surface area contributed by atoms with E-state index in [9.17, 15) is 4.79 Å². The Labute approximate surface area is 140 Å². The summed E-state index contributed by atoms with van der Waals surface area (Å²) in [5, 5.41) is 0.756. The highest BCUT2D eigenvalue weighted by atomic mass is 35.5. The minimum absolute atomic E-state index is 0.0101. The zero-order valence-corrected chi connectivity index (χ0v) is 13.6. The molecule has 1 fully saturated rings. The van der Waals surface area contributed by atoms with Crippen LogP contribution in [-0.2, 0) is 13.1 Å². The molecule has 3 rings (SSSR count). The first-order valence-corrected chi connectivity index (χ1v) is 8.07. The lowest BCUT2D eigenvalue weighted by molar-refractivity contribution is 0.0628. The second-order valence-electron chi connectivity index (χ2n) is 5.70. The van der Waals surface area contributed by atoms with Gasteiger partial charge in [0.25, 0.3) is 5.91 Å². The van der Waals surface area contributed by atoms with Crippen LogP contribution in [0.2, 0.25) is 5.02 Å². The van der Waals surface area contributed by atoms with Gasteiger partial charge in [-0.2, -0.15) is 0 Å². The number of nitrogens with two attached hydrogens (primary N) is 1. The fourth-order valence-corrected chi connectivity index (χ4v) is 3.00. The predicted octanol–water partition coefficient (Wildman–Crippen LogP) is 2.35. The summed E-state index contributed by atoms with van der Waals surface area (Å²) in [6.07, 6.45) is 1.49. The predicted molar refractivity (Wildman–Crippen MR) is 89.2 cm³/mol. The van der Waals surface area contributed by atoms with Crippen LogP contribution in [0.5, 0.6) is 0 Å². The second kappa shape index (κ2) is 7.17. The summed E-state index contributed by atoms with van der Waals surface area (Å²) >= 11 is 6.02. The molecule has 1 amide bonds. The van der Waals surface area contributed by atoms with Gasteiger partial charge in [-0.3, -0.25) is 9.69 Å². The number of nitrogens with zero attached hydrogens (tertiary/aromatic N) is 2. The Balaban J connectivity index is 1.54. The maximum Gasteiger partial charge on any atom is 0.257 e. The van der Waals surface area contributed by atoms with Crippen molar-refractivity contribution in [1.29, 1.82) is 0 Å². The van der Waals surface area contributed by atoms with E-state index in [1.165, 1.54) is 11.8 Å². The number of halogens is 1. The molecule has 1 aromatic heterocycles. The summed E-state index contributed by atoms with van der Waals surface area (Å²) in [5.41, 5.74) is 7.28. The molecule has 0 unspecified atom stereocenters. The van der Waals surface area contributed by atoms with Crippen molar-refractivity contribution in [3.8, 4) is 0 Å². The Morgan fingerprint density at radius 3 is 2.65 bits per heavy atom. The highest BCUT2D eigenvalue weighted by molar-refractivity contribution is 6.30. The Morgan fingerprint density at radius 2 is 2.00 bits per heavy atom. The first kappa shape index (κ1) is 16.1. The van der Waals surface area contributed by atoms with Crippen molar-refractivity contribution in [3.05, 3.63) is 58.5 Å². The number of hydrogen-bond donors (Lipinski definition) is 1. The molecule has 1 aromatic carbocycles. The summed E-state index contributed by atoms with van der Waals surface area (Å²) in [6.45, 7) is 4.27. The lowest BCUT2D eigenvalue weighted by atomic mass is 10.2. The molecule has 122 valence electrons. The Morgan fingerprint density at radius 1 is 1.22 bits per heavy atom. The van der Waals surface area contributed by atoms with Crippen molar-refractivity contribution < 1.29 is 9.21 Å². The van der Waals surface area contributed by atoms with Crippen molar-refractivity contribution >= 4 is 17.5 Å². The number of hydrogen-bond acceptors (Lipinski definition) is 4. The number of amides is 1. The topological polar surface area (TPSA) is 62.7 Å². The minimum atomic E-state index is 0.0101. The monoisotopic (exact) mass is 333 g/mol. The highest BCUT2D eigenvalue weighted by Crippen LogP contribution is 2.16. The molecule has 1 aliphatic rings. The van der Waals surface area contributed by atoms with Crippen LogP contribution in [0.1, 0.15) is 21.7 Å². The van der Waals surface area contributed by atoms with Crippen molar-refractivity contribution in [1.82, 2.24) is 9.80 Å². The van der Waals surface area contributed by atoms with Crippen LogP contribution in [0.15, 0.2) is 41.0 Å². The zero-order valence-electron chi connectivity index (χ0n) is 12.9. The van der Waals surface area contributed by atoms with Crippen LogP contribution in [0.25, 0.3) is 0 Å². The standard InChI is InChI=1S/C17H20ClN3O2/c18-15-3-1-2-13(8-15)11-20-4-6-21(7-5-20)17(22)14-9-16(10-19)23-12-14/h1-3,8-9,12H,4-7,10-11,19H2. The molecule has 2 N–H and O–H groups in total. The first-order valence-electron chi connectivity index (χ1n) is 7.69. The van der Waals surface area contributed by atoms with Gasteiger partial charge in [0.2, 0.25) is 0 Å². The van der Waals surface area contributed by atoms with Gasteiger partial charge in [0.15, 0.2) is 0 Å². The number of furan rings is 1. The lowest BCUT2D eigenvalue weighted by Crippen LogP contribution is -2.48. The van der Waals surface area contributed by atoms with E-state index < -0.39 is 0 Å². The fourth-order valence-electron chi connectivity index (χ4n) is 2.79. The SMILES string of the molecule is NCc1cc(C(=O)N2CCN(Cc3cccc(Cl)c3)CC2)co1. The van der Waals surface area contributed by atoms with E-state index in [1.54, 1.807) is 6.07 Å². The molecular weight excluding hydrogens is 314 g/mol. The normalized spacial score (nSPS) is 15.8. The van der Waals surface area contributed by atoms with Gasteiger partial charge < -0.3 is 15.1 Å². The Kier molecular flexibility index (Phi) is 5.00. The largest absolute Gasteiger partial charge is 0.467 e. The van der Waals surface area contributed by atoms with Crippen LogP contribution in [0.3, 0.4) is 0 Å². The summed E-state index contributed by atoms with van der Waals surface area (Å²) in [4.78, 5) is 16.6. The van der Waals surface area contributed by atoms with Crippen molar-refractivity contribution in [2.45, 2.75) is 13.1 Å². The average Bonchev–Trinajstić information content (AvgIpc) is 3.04. The van der Waals surface area contributed by atoms with Crippen LogP contribution in [-0.4, -0.2) is 41.9 Å². The van der Waals surface area contributed by atoms with E-state index in [2.05, 4.69) is 11.0 Å². The van der Waals surface area contributed by atoms with Gasteiger partial charge in [0.05, 0.1) is 12.1 Å². The third kappa shape index (κ3) is 3.93. The molecule has 0 radical (unpaired) electrons. The van der Waals surface area contributed by atoms with Crippen molar-refractivity contribution in [3.63, 3.8) is 0 Å². The lowest BCUT2D eigenvalue weighted by Gasteiger charge is -2.34. The maximum atomic E-state index is 12.4. The van der Waals surface area contributed by atoms with Gasteiger partial charge in [0.1, 0.15) is 12.0 Å². The second-order valence-corrected chi connectivity index (χ2v) is 6.14. The Hall–Kier alpha value is -1.82. The first-order chi connectivity index (χ1) is 11.2. The van der Waals surface area contributed by atoms with Gasteiger partial charge in [-0.1, -0.05) is 23.7 Å². The molecular formula is C17H20ClN3O2.